The van der Waals surface area contributed by atoms with Gasteiger partial charge in [0.05, 0.1) is 6.54 Å². The Morgan fingerprint density at radius 3 is 2.07 bits per heavy atom. The smallest absolute Gasteiger partial charge is 0.260 e. The van der Waals surface area contributed by atoms with E-state index in [0.29, 0.717) is 16.9 Å². The van der Waals surface area contributed by atoms with E-state index in [1.807, 2.05) is 39.0 Å². The zero-order chi connectivity index (χ0) is 20.7. The van der Waals surface area contributed by atoms with Gasteiger partial charge in [0, 0.05) is 23.7 Å². The highest BCUT2D eigenvalue weighted by molar-refractivity contribution is 6.09. The van der Waals surface area contributed by atoms with Gasteiger partial charge in [-0.1, -0.05) is 30.3 Å². The topological polar surface area (TPSA) is 75.7 Å². The largest absolute Gasteiger partial charge is 0.484 e. The second kappa shape index (κ2) is 9.17. The molecule has 0 spiro atoms. The Bertz CT molecular complexity index is 824. The van der Waals surface area contributed by atoms with Crippen LogP contribution in [0.5, 0.6) is 5.75 Å². The quantitative estimate of drug-likeness (QED) is 0.747. The van der Waals surface area contributed by atoms with Crippen molar-refractivity contribution >= 4 is 17.6 Å². The van der Waals surface area contributed by atoms with Crippen LogP contribution >= 0.6 is 0 Å². The zero-order valence-corrected chi connectivity index (χ0v) is 16.7. The highest BCUT2D eigenvalue weighted by atomic mass is 16.5. The van der Waals surface area contributed by atoms with Gasteiger partial charge in [-0.05, 0) is 45.0 Å². The Labute approximate surface area is 165 Å². The third-order valence-corrected chi connectivity index (χ3v) is 3.84. The molecular weight excluding hydrogens is 356 g/mol. The third kappa shape index (κ3) is 6.54. The van der Waals surface area contributed by atoms with Gasteiger partial charge in [-0.15, -0.1) is 0 Å². The summed E-state index contributed by atoms with van der Waals surface area (Å²) in [6.07, 6.45) is 0. The van der Waals surface area contributed by atoms with Crippen molar-refractivity contribution in [3.05, 3.63) is 65.7 Å². The number of ether oxygens (including phenoxy) is 1. The van der Waals surface area contributed by atoms with Crippen molar-refractivity contribution < 1.29 is 19.1 Å². The molecule has 2 rings (SSSR count). The van der Waals surface area contributed by atoms with Crippen LogP contribution in [-0.4, -0.2) is 48.2 Å². The summed E-state index contributed by atoms with van der Waals surface area (Å²) >= 11 is 0. The predicted molar refractivity (Wildman–Crippen MR) is 107 cm³/mol. The molecule has 0 saturated carbocycles. The molecule has 0 aliphatic carbocycles. The van der Waals surface area contributed by atoms with Gasteiger partial charge in [-0.3, -0.25) is 14.4 Å². The maximum Gasteiger partial charge on any atom is 0.260 e. The van der Waals surface area contributed by atoms with Crippen molar-refractivity contribution in [2.45, 2.75) is 26.3 Å². The maximum atomic E-state index is 12.4. The van der Waals surface area contributed by atoms with Crippen LogP contribution in [0.25, 0.3) is 0 Å². The Balaban J connectivity index is 1.86. The summed E-state index contributed by atoms with van der Waals surface area (Å²) in [5.41, 5.74) is 0.804. The van der Waals surface area contributed by atoms with Crippen molar-refractivity contribution in [2.24, 2.45) is 0 Å². The number of carbonyl (C=O) groups is 3. The molecule has 28 heavy (non-hydrogen) atoms. The predicted octanol–water partition coefficient (Wildman–Crippen LogP) is 2.67. The zero-order valence-electron chi connectivity index (χ0n) is 16.7. The molecule has 0 bridgehead atoms. The van der Waals surface area contributed by atoms with Gasteiger partial charge in [0.25, 0.3) is 5.91 Å². The number of hydrogen-bond donors (Lipinski definition) is 1. The molecule has 0 aromatic heterocycles. The standard InChI is InChI=1S/C22H26N2O4/c1-22(2,3)23-19(25)14-24(4)20(26)15-28-18-12-10-17(11-13-18)21(27)16-8-6-5-7-9-16/h5-13H,14-15H2,1-4H3,(H,23,25). The lowest BCUT2D eigenvalue weighted by molar-refractivity contribution is -0.136. The number of nitrogens with one attached hydrogen (secondary N) is 1. The number of benzene rings is 2. The summed E-state index contributed by atoms with van der Waals surface area (Å²) in [4.78, 5) is 37.7. The van der Waals surface area contributed by atoms with Crippen LogP contribution in [-0.2, 0) is 9.59 Å². The van der Waals surface area contributed by atoms with Crippen LogP contribution in [0.1, 0.15) is 36.7 Å². The molecule has 6 heteroatoms. The van der Waals surface area contributed by atoms with Gasteiger partial charge in [0.15, 0.2) is 12.4 Å². The SMILES string of the molecule is CN(CC(=O)NC(C)(C)C)C(=O)COc1ccc(C(=O)c2ccccc2)cc1. The fourth-order valence-corrected chi connectivity index (χ4v) is 2.48. The average molecular weight is 382 g/mol. The minimum absolute atomic E-state index is 0.0377. The second-order valence-electron chi connectivity index (χ2n) is 7.56. The number of likely N-dealkylation sites (N-methyl/N-ethyl adjacent to an activating group) is 1. The molecule has 1 N–H and O–H groups in total. The highest BCUT2D eigenvalue weighted by Gasteiger charge is 2.18. The van der Waals surface area contributed by atoms with E-state index in [0.717, 1.165) is 0 Å². The van der Waals surface area contributed by atoms with Crippen LogP contribution in [0, 0.1) is 0 Å². The van der Waals surface area contributed by atoms with E-state index in [2.05, 4.69) is 5.32 Å². The molecule has 2 aromatic rings. The van der Waals surface area contributed by atoms with E-state index in [9.17, 15) is 14.4 Å². The van der Waals surface area contributed by atoms with Crippen LogP contribution in [0.4, 0.5) is 0 Å². The first-order chi connectivity index (χ1) is 13.2. The minimum atomic E-state index is -0.351. The summed E-state index contributed by atoms with van der Waals surface area (Å²) in [5, 5.41) is 2.80. The fourth-order valence-electron chi connectivity index (χ4n) is 2.48. The van der Waals surface area contributed by atoms with Gasteiger partial charge < -0.3 is 15.0 Å². The molecule has 0 aliphatic heterocycles. The van der Waals surface area contributed by atoms with E-state index in [1.165, 1.54) is 4.90 Å². The Morgan fingerprint density at radius 1 is 0.929 bits per heavy atom. The number of hydrogen-bond acceptors (Lipinski definition) is 4. The summed E-state index contributed by atoms with van der Waals surface area (Å²) in [6, 6.07) is 15.6. The van der Waals surface area contributed by atoms with E-state index in [1.54, 1.807) is 43.4 Å². The number of ketones is 1. The van der Waals surface area contributed by atoms with Gasteiger partial charge >= 0.3 is 0 Å². The molecule has 0 unspecified atom stereocenters. The van der Waals surface area contributed by atoms with Crippen LogP contribution in [0.15, 0.2) is 54.6 Å². The number of carbonyl (C=O) groups excluding carboxylic acids is 3. The summed E-state index contributed by atoms with van der Waals surface area (Å²) < 4.78 is 5.48. The highest BCUT2D eigenvalue weighted by Crippen LogP contribution is 2.15. The summed E-state index contributed by atoms with van der Waals surface area (Å²) in [6.45, 7) is 5.40. The van der Waals surface area contributed by atoms with Crippen molar-refractivity contribution in [3.63, 3.8) is 0 Å². The number of rotatable bonds is 7. The molecule has 6 nitrogen and oxygen atoms in total. The molecule has 2 amide bonds. The number of amides is 2. The van der Waals surface area contributed by atoms with Crippen molar-refractivity contribution in [1.29, 1.82) is 0 Å². The first-order valence-electron chi connectivity index (χ1n) is 9.03. The van der Waals surface area contributed by atoms with Gasteiger partial charge in [0.2, 0.25) is 5.91 Å². The molecule has 0 fully saturated rings. The Morgan fingerprint density at radius 2 is 1.50 bits per heavy atom. The average Bonchev–Trinajstić information content (AvgIpc) is 2.65. The Kier molecular flexibility index (Phi) is 6.93. The molecular formula is C22H26N2O4. The summed E-state index contributed by atoms with van der Waals surface area (Å²) in [7, 11) is 1.55. The lowest BCUT2D eigenvalue weighted by Gasteiger charge is -2.23. The van der Waals surface area contributed by atoms with Crippen molar-refractivity contribution in [3.8, 4) is 5.75 Å². The summed E-state index contributed by atoms with van der Waals surface area (Å²) in [5.74, 6) is -0.140. The molecule has 0 atom stereocenters. The van der Waals surface area contributed by atoms with Gasteiger partial charge in [-0.25, -0.2) is 0 Å². The van der Waals surface area contributed by atoms with Crippen molar-refractivity contribution in [2.75, 3.05) is 20.2 Å². The van der Waals surface area contributed by atoms with Crippen LogP contribution in [0.2, 0.25) is 0 Å². The van der Waals surface area contributed by atoms with Crippen molar-refractivity contribution in [1.82, 2.24) is 10.2 Å². The number of nitrogens with zero attached hydrogens (tertiary/aromatic N) is 1. The first kappa shape index (κ1) is 21.2. The lowest BCUT2D eigenvalue weighted by Crippen LogP contribution is -2.47. The molecule has 0 heterocycles. The molecule has 0 saturated heterocycles. The van der Waals surface area contributed by atoms with E-state index >= 15 is 0 Å². The first-order valence-corrected chi connectivity index (χ1v) is 9.03. The van der Waals surface area contributed by atoms with Crippen LogP contribution in [0.3, 0.4) is 0 Å². The van der Waals surface area contributed by atoms with Gasteiger partial charge in [-0.2, -0.15) is 0 Å². The van der Waals surface area contributed by atoms with Gasteiger partial charge in [0.1, 0.15) is 5.75 Å². The monoisotopic (exact) mass is 382 g/mol. The third-order valence-electron chi connectivity index (χ3n) is 3.84. The van der Waals surface area contributed by atoms with E-state index in [-0.39, 0.29) is 36.3 Å². The van der Waals surface area contributed by atoms with E-state index < -0.39 is 0 Å². The maximum absolute atomic E-state index is 12.4. The minimum Gasteiger partial charge on any atom is -0.484 e. The molecule has 0 radical (unpaired) electrons. The lowest BCUT2D eigenvalue weighted by atomic mass is 10.0. The molecule has 2 aromatic carbocycles. The van der Waals surface area contributed by atoms with Crippen LogP contribution < -0.4 is 10.1 Å². The fraction of sp³-hybridized carbons (Fsp3) is 0.318. The van der Waals surface area contributed by atoms with E-state index in [4.69, 9.17) is 4.74 Å². The second-order valence-corrected chi connectivity index (χ2v) is 7.56. The normalized spacial score (nSPS) is 10.9. The molecule has 148 valence electrons. The Hall–Kier alpha value is -3.15. The molecule has 0 aliphatic rings.